The Morgan fingerprint density at radius 1 is 1.19 bits per heavy atom. The third-order valence-electron chi connectivity index (χ3n) is 3.43. The lowest BCUT2D eigenvalue weighted by molar-refractivity contribution is 0.589. The second kappa shape index (κ2) is 8.02. The summed E-state index contributed by atoms with van der Waals surface area (Å²) in [5.74, 6) is 1.01. The molecule has 1 N–H and O–H groups in total. The van der Waals surface area contributed by atoms with E-state index in [2.05, 4.69) is 84.5 Å². The van der Waals surface area contributed by atoms with Crippen LogP contribution in [0.15, 0.2) is 51.8 Å². The summed E-state index contributed by atoms with van der Waals surface area (Å²) in [6.45, 7) is 7.50. The summed E-state index contributed by atoms with van der Waals surface area (Å²) < 4.78 is 1.14. The van der Waals surface area contributed by atoms with Gasteiger partial charge >= 0.3 is 0 Å². The molecule has 0 spiro atoms. The van der Waals surface area contributed by atoms with Crippen LogP contribution in [0, 0.1) is 6.92 Å². The minimum atomic E-state index is 0.368. The van der Waals surface area contributed by atoms with Crippen molar-refractivity contribution in [3.63, 3.8) is 0 Å². The van der Waals surface area contributed by atoms with Crippen LogP contribution in [0.3, 0.4) is 0 Å². The summed E-state index contributed by atoms with van der Waals surface area (Å²) in [5.41, 5.74) is 4.07. The number of halogens is 1. The Balaban J connectivity index is 2.15. The lowest BCUT2D eigenvalue weighted by Crippen LogP contribution is -2.18. The van der Waals surface area contributed by atoms with Gasteiger partial charge in [0.25, 0.3) is 0 Å². The molecule has 0 aromatic heterocycles. The van der Waals surface area contributed by atoms with Crippen molar-refractivity contribution in [3.8, 4) is 0 Å². The SMILES string of the molecule is CCNC(C)c1cc(Br)ccc1SCc1cccc(C)c1. The molecule has 0 amide bonds. The van der Waals surface area contributed by atoms with Gasteiger partial charge in [-0.2, -0.15) is 0 Å². The zero-order chi connectivity index (χ0) is 15.2. The zero-order valence-corrected chi connectivity index (χ0v) is 15.2. The molecule has 0 aliphatic carbocycles. The smallest absolute Gasteiger partial charge is 0.0303 e. The molecule has 1 nitrogen and oxygen atoms in total. The molecule has 0 fully saturated rings. The van der Waals surface area contributed by atoms with Crippen molar-refractivity contribution in [2.24, 2.45) is 0 Å². The van der Waals surface area contributed by atoms with E-state index in [0.717, 1.165) is 16.8 Å². The van der Waals surface area contributed by atoms with E-state index in [0.29, 0.717) is 6.04 Å². The van der Waals surface area contributed by atoms with Gasteiger partial charge in [-0.15, -0.1) is 11.8 Å². The van der Waals surface area contributed by atoms with E-state index in [1.54, 1.807) is 0 Å². The van der Waals surface area contributed by atoms with Crippen molar-refractivity contribution >= 4 is 27.7 Å². The topological polar surface area (TPSA) is 12.0 Å². The number of nitrogens with one attached hydrogen (secondary N) is 1. The number of thioether (sulfide) groups is 1. The van der Waals surface area contributed by atoms with Crippen LogP contribution in [0.25, 0.3) is 0 Å². The van der Waals surface area contributed by atoms with Crippen LogP contribution in [-0.2, 0) is 5.75 Å². The molecule has 0 radical (unpaired) electrons. The van der Waals surface area contributed by atoms with E-state index in [-0.39, 0.29) is 0 Å². The molecule has 3 heteroatoms. The van der Waals surface area contributed by atoms with Crippen molar-refractivity contribution < 1.29 is 0 Å². The number of aryl methyl sites for hydroxylation is 1. The first-order valence-electron chi connectivity index (χ1n) is 7.31. The van der Waals surface area contributed by atoms with Crippen LogP contribution in [0.5, 0.6) is 0 Å². The maximum atomic E-state index is 3.58. The molecule has 0 saturated carbocycles. The Morgan fingerprint density at radius 2 is 2.00 bits per heavy atom. The van der Waals surface area contributed by atoms with Crippen molar-refractivity contribution in [2.45, 2.75) is 37.5 Å². The van der Waals surface area contributed by atoms with Crippen LogP contribution < -0.4 is 5.32 Å². The highest BCUT2D eigenvalue weighted by atomic mass is 79.9. The number of rotatable bonds is 6. The second-order valence-corrected chi connectivity index (χ2v) is 7.17. The first-order chi connectivity index (χ1) is 10.1. The van der Waals surface area contributed by atoms with Gasteiger partial charge in [-0.05, 0) is 49.7 Å². The normalized spacial score (nSPS) is 12.4. The zero-order valence-electron chi connectivity index (χ0n) is 12.8. The fraction of sp³-hybridized carbons (Fsp3) is 0.333. The minimum Gasteiger partial charge on any atom is -0.310 e. The van der Waals surface area contributed by atoms with E-state index in [1.165, 1.54) is 21.6 Å². The molecule has 0 saturated heterocycles. The van der Waals surface area contributed by atoms with Gasteiger partial charge in [-0.1, -0.05) is 52.7 Å². The maximum absolute atomic E-state index is 3.58. The van der Waals surface area contributed by atoms with Crippen LogP contribution in [0.2, 0.25) is 0 Å². The van der Waals surface area contributed by atoms with Crippen molar-refractivity contribution in [1.29, 1.82) is 0 Å². The summed E-state index contributed by atoms with van der Waals surface area (Å²) in [6.07, 6.45) is 0. The number of hydrogen-bond donors (Lipinski definition) is 1. The first-order valence-corrected chi connectivity index (χ1v) is 9.09. The highest BCUT2D eigenvalue weighted by Gasteiger charge is 2.11. The molecule has 2 aromatic carbocycles. The number of hydrogen-bond acceptors (Lipinski definition) is 2. The highest BCUT2D eigenvalue weighted by molar-refractivity contribution is 9.10. The Hall–Kier alpha value is -0.770. The van der Waals surface area contributed by atoms with Crippen molar-refractivity contribution in [2.75, 3.05) is 6.54 Å². The molecule has 2 rings (SSSR count). The van der Waals surface area contributed by atoms with E-state index >= 15 is 0 Å². The molecule has 0 bridgehead atoms. The van der Waals surface area contributed by atoms with Crippen molar-refractivity contribution in [3.05, 3.63) is 63.6 Å². The predicted octanol–water partition coefficient (Wildman–Crippen LogP) is 5.72. The Kier molecular flexibility index (Phi) is 6.34. The van der Waals surface area contributed by atoms with E-state index in [1.807, 2.05) is 11.8 Å². The quantitative estimate of drug-likeness (QED) is 0.658. The molecular weight excluding hydrogens is 342 g/mol. The average Bonchev–Trinajstić information content (AvgIpc) is 2.46. The van der Waals surface area contributed by atoms with Crippen LogP contribution >= 0.6 is 27.7 Å². The fourth-order valence-corrected chi connectivity index (χ4v) is 3.82. The van der Waals surface area contributed by atoms with Gasteiger partial charge in [0.1, 0.15) is 0 Å². The largest absolute Gasteiger partial charge is 0.310 e. The summed E-state index contributed by atoms with van der Waals surface area (Å²) in [4.78, 5) is 1.35. The second-order valence-electron chi connectivity index (χ2n) is 5.24. The molecule has 1 atom stereocenters. The van der Waals surface area contributed by atoms with Gasteiger partial charge < -0.3 is 5.32 Å². The Morgan fingerprint density at radius 3 is 2.71 bits per heavy atom. The summed E-state index contributed by atoms with van der Waals surface area (Å²) in [5, 5.41) is 3.50. The molecular formula is C18H22BrNS. The molecule has 21 heavy (non-hydrogen) atoms. The van der Waals surface area contributed by atoms with Crippen LogP contribution in [-0.4, -0.2) is 6.54 Å². The van der Waals surface area contributed by atoms with Gasteiger partial charge in [0.15, 0.2) is 0 Å². The molecule has 112 valence electrons. The predicted molar refractivity (Wildman–Crippen MR) is 97.0 cm³/mol. The van der Waals surface area contributed by atoms with E-state index in [4.69, 9.17) is 0 Å². The van der Waals surface area contributed by atoms with Gasteiger partial charge in [0.2, 0.25) is 0 Å². The monoisotopic (exact) mass is 363 g/mol. The molecule has 0 heterocycles. The van der Waals surface area contributed by atoms with Gasteiger partial charge in [-0.25, -0.2) is 0 Å². The molecule has 2 aromatic rings. The third kappa shape index (κ3) is 4.87. The van der Waals surface area contributed by atoms with Crippen molar-refractivity contribution in [1.82, 2.24) is 5.32 Å². The van der Waals surface area contributed by atoms with Crippen LogP contribution in [0.1, 0.15) is 36.6 Å². The maximum Gasteiger partial charge on any atom is 0.0303 e. The first kappa shape index (κ1) is 16.6. The van der Waals surface area contributed by atoms with E-state index in [9.17, 15) is 0 Å². The summed E-state index contributed by atoms with van der Waals surface area (Å²) >= 11 is 5.50. The standard InChI is InChI=1S/C18H22BrNS/c1-4-20-14(3)17-11-16(19)8-9-18(17)21-12-15-7-5-6-13(2)10-15/h5-11,14,20H,4,12H2,1-3H3. The number of benzene rings is 2. The average molecular weight is 364 g/mol. The Labute approximate surface area is 140 Å². The third-order valence-corrected chi connectivity index (χ3v) is 5.08. The van der Waals surface area contributed by atoms with Gasteiger partial charge in [-0.3, -0.25) is 0 Å². The van der Waals surface area contributed by atoms with E-state index < -0.39 is 0 Å². The lowest BCUT2D eigenvalue weighted by Gasteiger charge is -2.17. The highest BCUT2D eigenvalue weighted by Crippen LogP contribution is 2.32. The minimum absolute atomic E-state index is 0.368. The Bertz CT molecular complexity index is 598. The van der Waals surface area contributed by atoms with Gasteiger partial charge in [0.05, 0.1) is 0 Å². The lowest BCUT2D eigenvalue weighted by atomic mass is 10.1. The van der Waals surface area contributed by atoms with Crippen LogP contribution in [0.4, 0.5) is 0 Å². The molecule has 0 aliphatic heterocycles. The molecule has 0 aliphatic rings. The van der Waals surface area contributed by atoms with Gasteiger partial charge in [0, 0.05) is 21.2 Å². The summed E-state index contributed by atoms with van der Waals surface area (Å²) in [6, 6.07) is 15.7. The molecule has 1 unspecified atom stereocenters. The summed E-state index contributed by atoms with van der Waals surface area (Å²) in [7, 11) is 0. The fourth-order valence-electron chi connectivity index (χ4n) is 2.37.